The highest BCUT2D eigenvalue weighted by molar-refractivity contribution is 8.00. The number of thioether (sulfide) groups is 1. The minimum Gasteiger partial charge on any atom is -0.147 e. The highest BCUT2D eigenvalue weighted by Crippen LogP contribution is 2.37. The van der Waals surface area contributed by atoms with E-state index in [2.05, 4.69) is 111 Å². The lowest BCUT2D eigenvalue weighted by atomic mass is 10.0. The molecule has 0 spiro atoms. The lowest BCUT2D eigenvalue weighted by Crippen LogP contribution is -2.12. The molecule has 0 saturated carbocycles. The Morgan fingerprint density at radius 3 is 1.81 bits per heavy atom. The van der Waals surface area contributed by atoms with Crippen LogP contribution in [-0.4, -0.2) is 5.75 Å². The molecular formula is C30H46S2. The lowest BCUT2D eigenvalue weighted by molar-refractivity contribution is 0.780. The van der Waals surface area contributed by atoms with E-state index in [9.17, 15) is 0 Å². The molecule has 0 radical (unpaired) electrons. The summed E-state index contributed by atoms with van der Waals surface area (Å²) in [5.74, 6) is 1.06. The smallest absolute Gasteiger partial charge is 0.0355 e. The van der Waals surface area contributed by atoms with Crippen molar-refractivity contribution in [3.8, 4) is 0 Å². The van der Waals surface area contributed by atoms with Gasteiger partial charge in [-0.1, -0.05) is 58.7 Å². The zero-order chi connectivity index (χ0) is 24.1. The normalized spacial score (nSPS) is 13.5. The zero-order valence-electron chi connectivity index (χ0n) is 21.8. The Balaban J connectivity index is 2.37. The van der Waals surface area contributed by atoms with Crippen molar-refractivity contribution in [2.24, 2.45) is 0 Å². The molecule has 32 heavy (non-hydrogen) atoms. The van der Waals surface area contributed by atoms with Crippen LogP contribution in [0, 0.1) is 6.92 Å². The first-order valence-electron chi connectivity index (χ1n) is 12.1. The van der Waals surface area contributed by atoms with Gasteiger partial charge in [0.25, 0.3) is 0 Å². The number of hydrogen-bond donors (Lipinski definition) is 1. The Morgan fingerprint density at radius 2 is 1.31 bits per heavy atom. The third-order valence-corrected chi connectivity index (χ3v) is 7.71. The fourth-order valence-electron chi connectivity index (χ4n) is 3.49. The van der Waals surface area contributed by atoms with Crippen molar-refractivity contribution in [3.63, 3.8) is 0 Å². The van der Waals surface area contributed by atoms with E-state index >= 15 is 0 Å². The van der Waals surface area contributed by atoms with Gasteiger partial charge >= 0.3 is 0 Å². The molecule has 0 amide bonds. The molecule has 0 heterocycles. The average molecular weight is 471 g/mol. The first-order chi connectivity index (χ1) is 15.0. The van der Waals surface area contributed by atoms with Crippen molar-refractivity contribution in [2.75, 3.05) is 5.75 Å². The number of aryl methyl sites for hydroxylation is 1. The molecule has 0 unspecified atom stereocenters. The summed E-state index contributed by atoms with van der Waals surface area (Å²) in [6, 6.07) is 6.61. The Morgan fingerprint density at radius 1 is 0.812 bits per heavy atom. The number of thiol groups is 1. The van der Waals surface area contributed by atoms with Crippen LogP contribution in [0.15, 0.2) is 69.7 Å². The van der Waals surface area contributed by atoms with Crippen LogP contribution in [-0.2, 0) is 4.75 Å². The van der Waals surface area contributed by atoms with E-state index in [4.69, 9.17) is 0 Å². The van der Waals surface area contributed by atoms with Gasteiger partial charge in [0.05, 0.1) is 0 Å². The predicted molar refractivity (Wildman–Crippen MR) is 152 cm³/mol. The molecular weight excluding hydrogens is 424 g/mol. The van der Waals surface area contributed by atoms with Gasteiger partial charge in [0.15, 0.2) is 0 Å². The summed E-state index contributed by atoms with van der Waals surface area (Å²) in [5, 5.41) is 0. The molecule has 1 rings (SSSR count). The van der Waals surface area contributed by atoms with Crippen molar-refractivity contribution in [2.45, 2.75) is 104 Å². The number of hydrogen-bond acceptors (Lipinski definition) is 2. The first kappa shape index (κ1) is 28.9. The van der Waals surface area contributed by atoms with Crippen molar-refractivity contribution in [3.05, 3.63) is 75.9 Å². The van der Waals surface area contributed by atoms with Crippen LogP contribution in [0.4, 0.5) is 0 Å². The van der Waals surface area contributed by atoms with E-state index in [0.717, 1.165) is 29.9 Å². The minimum absolute atomic E-state index is 0.108. The van der Waals surface area contributed by atoms with Gasteiger partial charge < -0.3 is 0 Å². The summed E-state index contributed by atoms with van der Waals surface area (Å²) in [4.78, 5) is 1.07. The SMILES string of the molecule is CC(C)=CCCC(C)=CCCC(C)=CCCC(C)=CCSC(C)(C)c1ccc(S)c(C)c1. The molecule has 1 aromatic rings. The van der Waals surface area contributed by atoms with Crippen LogP contribution >= 0.6 is 24.4 Å². The van der Waals surface area contributed by atoms with Crippen molar-refractivity contribution in [1.82, 2.24) is 0 Å². The van der Waals surface area contributed by atoms with E-state index in [1.54, 1.807) is 0 Å². The third-order valence-electron chi connectivity index (χ3n) is 5.92. The number of benzene rings is 1. The fraction of sp³-hybridized carbons (Fsp3) is 0.533. The molecule has 0 aliphatic rings. The van der Waals surface area contributed by atoms with Gasteiger partial charge in [0.1, 0.15) is 0 Å². The monoisotopic (exact) mass is 470 g/mol. The molecule has 2 heteroatoms. The van der Waals surface area contributed by atoms with Gasteiger partial charge in [-0.15, -0.1) is 24.4 Å². The van der Waals surface area contributed by atoms with Gasteiger partial charge in [0, 0.05) is 15.4 Å². The van der Waals surface area contributed by atoms with Crippen LogP contribution in [0.25, 0.3) is 0 Å². The van der Waals surface area contributed by atoms with Gasteiger partial charge in [-0.3, -0.25) is 0 Å². The minimum atomic E-state index is 0.108. The van der Waals surface area contributed by atoms with E-state index < -0.39 is 0 Å². The van der Waals surface area contributed by atoms with E-state index in [0.29, 0.717) is 0 Å². The topological polar surface area (TPSA) is 0 Å². The molecule has 0 fully saturated rings. The zero-order valence-corrected chi connectivity index (χ0v) is 23.6. The van der Waals surface area contributed by atoms with Crippen molar-refractivity contribution in [1.29, 1.82) is 0 Å². The van der Waals surface area contributed by atoms with E-state index in [1.807, 2.05) is 11.8 Å². The highest BCUT2D eigenvalue weighted by Gasteiger charge is 2.20. The molecule has 0 aliphatic heterocycles. The number of allylic oxidation sites excluding steroid dienone is 7. The Labute approximate surface area is 209 Å². The molecule has 1 aromatic carbocycles. The standard InChI is InChI=1S/C30H46S2/c1-23(2)12-9-13-24(3)14-10-15-25(4)16-11-17-26(5)20-21-32-30(7,8)28-18-19-29(31)27(6)22-28/h12,14,16,18-20,22,31H,9-11,13,15,17,21H2,1-8H3. The second-order valence-corrected chi connectivity index (χ2v) is 12.0. The average Bonchev–Trinajstić information content (AvgIpc) is 2.69. The lowest BCUT2D eigenvalue weighted by Gasteiger charge is -2.25. The Kier molecular flexibility index (Phi) is 13.5. The van der Waals surface area contributed by atoms with Crippen molar-refractivity contribution < 1.29 is 0 Å². The van der Waals surface area contributed by atoms with Gasteiger partial charge in [-0.25, -0.2) is 0 Å². The van der Waals surface area contributed by atoms with Crippen LogP contribution in [0.3, 0.4) is 0 Å². The van der Waals surface area contributed by atoms with Crippen LogP contribution in [0.5, 0.6) is 0 Å². The van der Waals surface area contributed by atoms with E-state index in [1.165, 1.54) is 52.7 Å². The summed E-state index contributed by atoms with van der Waals surface area (Å²) >= 11 is 6.51. The molecule has 0 aliphatic carbocycles. The maximum absolute atomic E-state index is 4.51. The Hall–Kier alpha value is -1.12. The van der Waals surface area contributed by atoms with Crippen LogP contribution in [0.2, 0.25) is 0 Å². The Bertz CT molecular complexity index is 830. The second kappa shape index (κ2) is 14.9. The largest absolute Gasteiger partial charge is 0.147 e. The van der Waals surface area contributed by atoms with E-state index in [-0.39, 0.29) is 4.75 Å². The first-order valence-corrected chi connectivity index (χ1v) is 13.5. The maximum atomic E-state index is 4.51. The molecule has 0 aromatic heterocycles. The number of rotatable bonds is 13. The van der Waals surface area contributed by atoms with Gasteiger partial charge in [0.2, 0.25) is 0 Å². The fourth-order valence-corrected chi connectivity index (χ4v) is 4.71. The quantitative estimate of drug-likeness (QED) is 0.221. The highest BCUT2D eigenvalue weighted by atomic mass is 32.2. The molecule has 0 saturated heterocycles. The molecule has 0 N–H and O–H groups in total. The van der Waals surface area contributed by atoms with Gasteiger partial charge in [-0.2, -0.15) is 0 Å². The summed E-state index contributed by atoms with van der Waals surface area (Å²) < 4.78 is 0.108. The molecule has 0 bridgehead atoms. The summed E-state index contributed by atoms with van der Waals surface area (Å²) in [6.45, 7) is 17.9. The van der Waals surface area contributed by atoms with Crippen LogP contribution < -0.4 is 0 Å². The van der Waals surface area contributed by atoms with Crippen LogP contribution in [0.1, 0.15) is 98.1 Å². The van der Waals surface area contributed by atoms with Gasteiger partial charge in [-0.05, 0) is 111 Å². The maximum Gasteiger partial charge on any atom is 0.0355 e. The predicted octanol–water partition coefficient (Wildman–Crippen LogP) is 10.4. The molecule has 178 valence electrons. The summed E-state index contributed by atoms with van der Waals surface area (Å²) in [6.07, 6.45) is 16.6. The third kappa shape index (κ3) is 12.2. The molecule has 0 nitrogen and oxygen atoms in total. The molecule has 0 atom stereocenters. The summed E-state index contributed by atoms with van der Waals surface area (Å²) in [7, 11) is 0. The summed E-state index contributed by atoms with van der Waals surface area (Å²) in [5.41, 5.74) is 8.58. The van der Waals surface area contributed by atoms with Crippen molar-refractivity contribution >= 4 is 24.4 Å². The second-order valence-electron chi connectivity index (χ2n) is 9.87.